The zero-order chi connectivity index (χ0) is 17.6. The summed E-state index contributed by atoms with van der Waals surface area (Å²) in [6.45, 7) is 1.15. The van der Waals surface area contributed by atoms with Gasteiger partial charge < -0.3 is 14.8 Å². The average molecular weight is 340 g/mol. The van der Waals surface area contributed by atoms with Crippen molar-refractivity contribution in [2.45, 2.75) is 6.42 Å². The number of methoxy groups -OCH3 is 2. The van der Waals surface area contributed by atoms with Crippen LogP contribution < -0.4 is 10.1 Å². The number of carbonyl (C=O) groups is 1. The number of rotatable bonds is 7. The van der Waals surface area contributed by atoms with Crippen LogP contribution in [0.4, 0.5) is 0 Å². The quantitative estimate of drug-likeness (QED) is 0.667. The molecule has 0 atom stereocenters. The Morgan fingerprint density at radius 2 is 2.16 bits per heavy atom. The van der Waals surface area contributed by atoms with E-state index in [4.69, 9.17) is 9.47 Å². The maximum Gasteiger partial charge on any atom is 0.256 e. The van der Waals surface area contributed by atoms with Crippen LogP contribution in [0.3, 0.4) is 0 Å². The largest absolute Gasteiger partial charge is 0.497 e. The van der Waals surface area contributed by atoms with Crippen LogP contribution in [-0.4, -0.2) is 47.9 Å². The van der Waals surface area contributed by atoms with E-state index in [9.17, 15) is 4.79 Å². The van der Waals surface area contributed by atoms with Crippen molar-refractivity contribution in [1.82, 2.24) is 19.9 Å². The predicted octanol–water partition coefficient (Wildman–Crippen LogP) is 2.17. The van der Waals surface area contributed by atoms with Gasteiger partial charge in [0, 0.05) is 32.0 Å². The van der Waals surface area contributed by atoms with Gasteiger partial charge >= 0.3 is 0 Å². The van der Waals surface area contributed by atoms with Crippen LogP contribution in [0.1, 0.15) is 16.8 Å². The van der Waals surface area contributed by atoms with Gasteiger partial charge in [0.05, 0.1) is 19.0 Å². The van der Waals surface area contributed by atoms with E-state index in [0.29, 0.717) is 24.4 Å². The summed E-state index contributed by atoms with van der Waals surface area (Å²) in [5.74, 6) is 0.562. The molecule has 1 amide bonds. The van der Waals surface area contributed by atoms with Crippen LogP contribution in [-0.2, 0) is 4.74 Å². The molecule has 0 saturated carbocycles. The number of ether oxygens (including phenoxy) is 2. The number of benzene rings is 1. The summed E-state index contributed by atoms with van der Waals surface area (Å²) in [5, 5.41) is 7.20. The molecule has 1 N–H and O–H groups in total. The fourth-order valence-corrected chi connectivity index (χ4v) is 2.57. The van der Waals surface area contributed by atoms with Crippen LogP contribution in [0.5, 0.6) is 5.75 Å². The molecule has 25 heavy (non-hydrogen) atoms. The van der Waals surface area contributed by atoms with E-state index in [1.54, 1.807) is 24.9 Å². The van der Waals surface area contributed by atoms with Crippen LogP contribution in [0.15, 0.2) is 42.7 Å². The first-order valence-electron chi connectivity index (χ1n) is 7.99. The molecule has 0 fully saturated rings. The number of aromatic nitrogens is 3. The van der Waals surface area contributed by atoms with Gasteiger partial charge in [0.1, 0.15) is 11.3 Å². The van der Waals surface area contributed by atoms with Crippen molar-refractivity contribution >= 4 is 11.6 Å². The van der Waals surface area contributed by atoms with Gasteiger partial charge in [0.25, 0.3) is 5.91 Å². The average Bonchev–Trinajstić information content (AvgIpc) is 3.09. The number of nitrogens with zero attached hydrogens (tertiary/aromatic N) is 3. The number of carbonyl (C=O) groups excluding carboxylic acids is 1. The fourth-order valence-electron chi connectivity index (χ4n) is 2.57. The first-order valence-corrected chi connectivity index (χ1v) is 7.99. The van der Waals surface area contributed by atoms with E-state index in [1.165, 1.54) is 6.20 Å². The molecule has 0 unspecified atom stereocenters. The maximum absolute atomic E-state index is 12.4. The van der Waals surface area contributed by atoms with E-state index in [2.05, 4.69) is 15.4 Å². The van der Waals surface area contributed by atoms with E-state index >= 15 is 0 Å². The van der Waals surface area contributed by atoms with Gasteiger partial charge in [0.2, 0.25) is 0 Å². The minimum atomic E-state index is -0.193. The molecule has 7 heteroatoms. The zero-order valence-corrected chi connectivity index (χ0v) is 14.2. The smallest absolute Gasteiger partial charge is 0.256 e. The van der Waals surface area contributed by atoms with Gasteiger partial charge in [-0.05, 0) is 24.6 Å². The Kier molecular flexibility index (Phi) is 5.25. The van der Waals surface area contributed by atoms with Crippen LogP contribution in [0, 0.1) is 0 Å². The van der Waals surface area contributed by atoms with Crippen molar-refractivity contribution in [1.29, 1.82) is 0 Å². The highest BCUT2D eigenvalue weighted by Gasteiger charge is 2.16. The zero-order valence-electron chi connectivity index (χ0n) is 14.2. The van der Waals surface area contributed by atoms with Crippen molar-refractivity contribution in [3.63, 3.8) is 0 Å². The summed E-state index contributed by atoms with van der Waals surface area (Å²) in [6, 6.07) is 9.52. The SMILES string of the molecule is COCCCNC(=O)c1cnn2c(-c3cccc(OC)c3)ccnc12. The van der Waals surface area contributed by atoms with Crippen molar-refractivity contribution in [2.24, 2.45) is 0 Å². The Hall–Kier alpha value is -2.93. The molecule has 2 heterocycles. The Balaban J connectivity index is 1.91. The molecule has 0 radical (unpaired) electrons. The van der Waals surface area contributed by atoms with Gasteiger partial charge in [-0.3, -0.25) is 4.79 Å². The van der Waals surface area contributed by atoms with Crippen molar-refractivity contribution in [3.05, 3.63) is 48.3 Å². The monoisotopic (exact) mass is 340 g/mol. The Labute approximate surface area is 145 Å². The molecule has 2 aromatic heterocycles. The van der Waals surface area contributed by atoms with Gasteiger partial charge in [-0.2, -0.15) is 5.10 Å². The van der Waals surface area contributed by atoms with E-state index in [0.717, 1.165) is 23.4 Å². The van der Waals surface area contributed by atoms with Crippen LogP contribution >= 0.6 is 0 Å². The van der Waals surface area contributed by atoms with E-state index in [1.807, 2.05) is 30.3 Å². The molecule has 0 aliphatic rings. The van der Waals surface area contributed by atoms with Crippen molar-refractivity contribution in [3.8, 4) is 17.0 Å². The lowest BCUT2D eigenvalue weighted by Crippen LogP contribution is -2.25. The van der Waals surface area contributed by atoms with Crippen molar-refractivity contribution in [2.75, 3.05) is 27.4 Å². The molecule has 7 nitrogen and oxygen atoms in total. The summed E-state index contributed by atoms with van der Waals surface area (Å²) in [7, 11) is 3.26. The second-order valence-electron chi connectivity index (χ2n) is 5.46. The van der Waals surface area contributed by atoms with E-state index in [-0.39, 0.29) is 5.91 Å². The minimum Gasteiger partial charge on any atom is -0.497 e. The predicted molar refractivity (Wildman–Crippen MR) is 93.8 cm³/mol. The molecule has 1 aromatic carbocycles. The molecule has 130 valence electrons. The summed E-state index contributed by atoms with van der Waals surface area (Å²) < 4.78 is 11.9. The van der Waals surface area contributed by atoms with Gasteiger partial charge in [-0.1, -0.05) is 12.1 Å². The molecule has 0 bridgehead atoms. The molecule has 0 aliphatic carbocycles. The van der Waals surface area contributed by atoms with Crippen molar-refractivity contribution < 1.29 is 14.3 Å². The Bertz CT molecular complexity index is 876. The number of fused-ring (bicyclic) bond motifs is 1. The van der Waals surface area contributed by atoms with E-state index < -0.39 is 0 Å². The Morgan fingerprint density at radius 3 is 2.96 bits per heavy atom. The Morgan fingerprint density at radius 1 is 1.28 bits per heavy atom. The molecule has 0 saturated heterocycles. The van der Waals surface area contributed by atoms with Crippen LogP contribution in [0.25, 0.3) is 16.9 Å². The lowest BCUT2D eigenvalue weighted by atomic mass is 10.1. The highest BCUT2D eigenvalue weighted by atomic mass is 16.5. The number of hydrogen-bond acceptors (Lipinski definition) is 5. The highest BCUT2D eigenvalue weighted by Crippen LogP contribution is 2.24. The summed E-state index contributed by atoms with van der Waals surface area (Å²) >= 11 is 0. The third-order valence-electron chi connectivity index (χ3n) is 3.82. The fraction of sp³-hybridized carbons (Fsp3) is 0.278. The molecular weight excluding hydrogens is 320 g/mol. The lowest BCUT2D eigenvalue weighted by Gasteiger charge is -2.07. The normalized spacial score (nSPS) is 10.8. The molecule has 0 aliphatic heterocycles. The minimum absolute atomic E-state index is 0.193. The third kappa shape index (κ3) is 3.61. The molecular formula is C18H20N4O3. The third-order valence-corrected chi connectivity index (χ3v) is 3.82. The summed E-state index contributed by atoms with van der Waals surface area (Å²) in [5.41, 5.74) is 2.73. The number of amides is 1. The topological polar surface area (TPSA) is 77.8 Å². The van der Waals surface area contributed by atoms with Gasteiger partial charge in [-0.25, -0.2) is 9.50 Å². The molecule has 3 aromatic rings. The van der Waals surface area contributed by atoms with Gasteiger partial charge in [-0.15, -0.1) is 0 Å². The summed E-state index contributed by atoms with van der Waals surface area (Å²) in [6.07, 6.45) is 3.97. The first kappa shape index (κ1) is 16.9. The number of nitrogens with one attached hydrogen (secondary N) is 1. The first-order chi connectivity index (χ1) is 12.2. The lowest BCUT2D eigenvalue weighted by molar-refractivity contribution is 0.0950. The second kappa shape index (κ2) is 7.76. The maximum atomic E-state index is 12.4. The number of hydrogen-bond donors (Lipinski definition) is 1. The standard InChI is InChI=1S/C18H20N4O3/c1-24-10-4-8-20-18(23)15-12-21-22-16(7-9-19-17(15)22)13-5-3-6-14(11-13)25-2/h3,5-7,9,11-12H,4,8,10H2,1-2H3,(H,20,23). The summed E-state index contributed by atoms with van der Waals surface area (Å²) in [4.78, 5) is 16.7. The molecule has 0 spiro atoms. The second-order valence-corrected chi connectivity index (χ2v) is 5.46. The van der Waals surface area contributed by atoms with Crippen LogP contribution in [0.2, 0.25) is 0 Å². The van der Waals surface area contributed by atoms with Gasteiger partial charge in [0.15, 0.2) is 5.65 Å². The molecule has 3 rings (SSSR count). The highest BCUT2D eigenvalue weighted by molar-refractivity contribution is 5.99.